The summed E-state index contributed by atoms with van der Waals surface area (Å²) in [5, 5.41) is 5.98. The molecule has 1 saturated heterocycles. The van der Waals surface area contributed by atoms with E-state index in [-0.39, 0.29) is 18.2 Å². The molecule has 12 nitrogen and oxygen atoms in total. The molecule has 2 aromatic heterocycles. The van der Waals surface area contributed by atoms with E-state index in [1.54, 1.807) is 49.9 Å². The Morgan fingerprint density at radius 1 is 1.05 bits per heavy atom. The molecule has 0 unspecified atom stereocenters. The van der Waals surface area contributed by atoms with Crippen LogP contribution in [0, 0.1) is 0 Å². The number of nitrogens with zero attached hydrogens (tertiary/aromatic N) is 6. The minimum atomic E-state index is -0.670. The lowest BCUT2D eigenvalue weighted by Gasteiger charge is -2.36. The third-order valence-corrected chi connectivity index (χ3v) is 6.65. The van der Waals surface area contributed by atoms with Gasteiger partial charge in [0.15, 0.2) is 0 Å². The molecule has 40 heavy (non-hydrogen) atoms. The van der Waals surface area contributed by atoms with Gasteiger partial charge in [-0.3, -0.25) is 14.4 Å². The second-order valence-electron chi connectivity index (χ2n) is 11.3. The molecule has 0 saturated carbocycles. The van der Waals surface area contributed by atoms with Crippen molar-refractivity contribution < 1.29 is 24.0 Å². The summed E-state index contributed by atoms with van der Waals surface area (Å²) in [6.45, 7) is 12.5. The number of carbonyl (C=O) groups is 3. The molecule has 3 aromatic rings. The Morgan fingerprint density at radius 3 is 2.38 bits per heavy atom. The van der Waals surface area contributed by atoms with Crippen molar-refractivity contribution in [2.24, 2.45) is 0 Å². The molecule has 0 N–H and O–H groups in total. The Labute approximate surface area is 236 Å². The number of carbonyl (C=O) groups excluding carboxylic acids is 3. The van der Waals surface area contributed by atoms with Gasteiger partial charge < -0.3 is 19.3 Å². The van der Waals surface area contributed by atoms with Crippen molar-refractivity contribution in [3.63, 3.8) is 0 Å². The predicted octanol–water partition coefficient (Wildman–Crippen LogP) is 3.25. The zero-order valence-electron chi connectivity index (χ0n) is 23.5. The zero-order valence-corrected chi connectivity index (χ0v) is 24.4. The molecule has 0 bridgehead atoms. The van der Waals surface area contributed by atoms with Crippen molar-refractivity contribution in [3.05, 3.63) is 46.2 Å². The second kappa shape index (κ2) is 11.3. The molecule has 2 amide bonds. The highest BCUT2D eigenvalue weighted by molar-refractivity contribution is 7.19. The standard InChI is InChI=1S/C27H34N6O6S/c1-26(2,3)38-25(37)31-12-10-30(11-13-31)20-17-21(35)33-24(28-20)40-22(29-33)18-8-7-9-19(16-18)23(36)32(14-15-34)39-27(4,5)6/h7-9,15-17H,10-14H2,1-6H3. The monoisotopic (exact) mass is 570 g/mol. The third-order valence-electron chi connectivity index (χ3n) is 5.69. The van der Waals surface area contributed by atoms with Crippen molar-refractivity contribution in [2.45, 2.75) is 52.7 Å². The molecule has 3 heterocycles. The highest BCUT2D eigenvalue weighted by Gasteiger charge is 2.27. The summed E-state index contributed by atoms with van der Waals surface area (Å²) in [6, 6.07) is 8.19. The van der Waals surface area contributed by atoms with E-state index < -0.39 is 17.1 Å². The molecule has 1 fully saturated rings. The van der Waals surface area contributed by atoms with E-state index in [1.165, 1.54) is 21.9 Å². The average Bonchev–Trinajstić information content (AvgIpc) is 3.31. The fraction of sp³-hybridized carbons (Fsp3) is 0.481. The highest BCUT2D eigenvalue weighted by atomic mass is 32.1. The summed E-state index contributed by atoms with van der Waals surface area (Å²) in [5.74, 6) is 0.0462. The van der Waals surface area contributed by atoms with Crippen LogP contribution in [-0.4, -0.2) is 86.8 Å². The first kappa shape index (κ1) is 29.2. The number of aromatic nitrogens is 3. The number of aldehydes is 1. The lowest BCUT2D eigenvalue weighted by Crippen LogP contribution is -2.50. The van der Waals surface area contributed by atoms with E-state index in [0.717, 1.165) is 5.06 Å². The Morgan fingerprint density at radius 2 is 1.75 bits per heavy atom. The van der Waals surface area contributed by atoms with Gasteiger partial charge in [-0.25, -0.2) is 14.8 Å². The summed E-state index contributed by atoms with van der Waals surface area (Å²) in [5.41, 5.74) is -0.640. The topological polar surface area (TPSA) is 127 Å². The first-order valence-electron chi connectivity index (χ1n) is 12.9. The smallest absolute Gasteiger partial charge is 0.410 e. The molecular weight excluding hydrogens is 536 g/mol. The minimum Gasteiger partial charge on any atom is -0.444 e. The van der Waals surface area contributed by atoms with Crippen LogP contribution >= 0.6 is 11.3 Å². The average molecular weight is 571 g/mol. The zero-order chi connectivity index (χ0) is 29.2. The molecule has 13 heteroatoms. The first-order chi connectivity index (χ1) is 18.7. The quantitative estimate of drug-likeness (QED) is 0.324. The van der Waals surface area contributed by atoms with Crippen molar-refractivity contribution in [1.82, 2.24) is 24.6 Å². The Hall–Kier alpha value is -3.84. The molecule has 0 radical (unpaired) electrons. The van der Waals surface area contributed by atoms with Gasteiger partial charge in [0.2, 0.25) is 4.96 Å². The number of ether oxygens (including phenoxy) is 1. The molecular formula is C27H34N6O6S. The van der Waals surface area contributed by atoms with Gasteiger partial charge in [0.1, 0.15) is 29.3 Å². The maximum atomic E-state index is 13.1. The van der Waals surface area contributed by atoms with E-state index in [9.17, 15) is 19.2 Å². The largest absolute Gasteiger partial charge is 0.444 e. The van der Waals surface area contributed by atoms with Gasteiger partial charge in [0, 0.05) is 43.4 Å². The lowest BCUT2D eigenvalue weighted by atomic mass is 10.1. The normalized spacial score (nSPS) is 14.3. The van der Waals surface area contributed by atoms with Gasteiger partial charge in [0.25, 0.3) is 11.5 Å². The minimum absolute atomic E-state index is 0.213. The molecule has 1 aliphatic rings. The molecule has 1 aliphatic heterocycles. The number of hydrogen-bond acceptors (Lipinski definition) is 10. The molecule has 0 aliphatic carbocycles. The predicted molar refractivity (Wildman–Crippen MR) is 151 cm³/mol. The van der Waals surface area contributed by atoms with Crippen LogP contribution in [0.5, 0.6) is 0 Å². The van der Waals surface area contributed by atoms with Gasteiger partial charge in [-0.1, -0.05) is 23.5 Å². The number of fused-ring (bicyclic) bond motifs is 1. The maximum absolute atomic E-state index is 13.1. The van der Waals surface area contributed by atoms with Crippen molar-refractivity contribution in [3.8, 4) is 10.6 Å². The Bertz CT molecular complexity index is 1460. The number of amides is 2. The van der Waals surface area contributed by atoms with Gasteiger partial charge >= 0.3 is 6.09 Å². The Kier molecular flexibility index (Phi) is 8.26. The summed E-state index contributed by atoms with van der Waals surface area (Å²) in [7, 11) is 0. The van der Waals surface area contributed by atoms with E-state index in [2.05, 4.69) is 10.1 Å². The number of rotatable bonds is 6. The highest BCUT2D eigenvalue weighted by Crippen LogP contribution is 2.27. The van der Waals surface area contributed by atoms with Crippen LogP contribution in [-0.2, 0) is 14.4 Å². The summed E-state index contributed by atoms with van der Waals surface area (Å²) < 4.78 is 6.69. The SMILES string of the molecule is CC(C)(C)OC(=O)N1CCN(c2cc(=O)n3nc(-c4cccc(C(=O)N(CC=O)OC(C)(C)C)c4)sc3n2)CC1. The van der Waals surface area contributed by atoms with Gasteiger partial charge in [0.05, 0.1) is 5.60 Å². The second-order valence-corrected chi connectivity index (χ2v) is 12.3. The summed E-state index contributed by atoms with van der Waals surface area (Å²) in [6.07, 6.45) is 0.247. The van der Waals surface area contributed by atoms with Gasteiger partial charge in [-0.2, -0.15) is 9.61 Å². The molecule has 214 valence electrons. The van der Waals surface area contributed by atoms with Crippen molar-refractivity contribution in [1.29, 1.82) is 0 Å². The fourth-order valence-corrected chi connectivity index (χ4v) is 4.91. The van der Waals surface area contributed by atoms with Crippen molar-refractivity contribution >= 4 is 40.4 Å². The number of piperazine rings is 1. The molecule has 0 spiro atoms. The van der Waals surface area contributed by atoms with E-state index >= 15 is 0 Å². The summed E-state index contributed by atoms with van der Waals surface area (Å²) >= 11 is 1.22. The molecule has 4 rings (SSSR count). The fourth-order valence-electron chi connectivity index (χ4n) is 4.01. The first-order valence-corrected chi connectivity index (χ1v) is 13.7. The number of anilines is 1. The number of benzene rings is 1. The Balaban J connectivity index is 1.54. The van der Waals surface area contributed by atoms with Crippen LogP contribution in [0.25, 0.3) is 15.5 Å². The van der Waals surface area contributed by atoms with Crippen LogP contribution in [0.2, 0.25) is 0 Å². The van der Waals surface area contributed by atoms with Crippen LogP contribution in [0.3, 0.4) is 0 Å². The van der Waals surface area contributed by atoms with Crippen LogP contribution in [0.15, 0.2) is 35.1 Å². The van der Waals surface area contributed by atoms with E-state index in [1.807, 2.05) is 25.7 Å². The number of hydrogen-bond donors (Lipinski definition) is 0. The third kappa shape index (κ3) is 7.02. The van der Waals surface area contributed by atoms with E-state index in [4.69, 9.17) is 9.57 Å². The van der Waals surface area contributed by atoms with Gasteiger partial charge in [-0.05, 0) is 53.7 Å². The van der Waals surface area contributed by atoms with Crippen LogP contribution in [0.4, 0.5) is 10.6 Å². The molecule has 0 atom stereocenters. The van der Waals surface area contributed by atoms with Crippen LogP contribution < -0.4 is 10.5 Å². The number of hydroxylamine groups is 2. The lowest BCUT2D eigenvalue weighted by molar-refractivity contribution is -0.193. The maximum Gasteiger partial charge on any atom is 0.410 e. The van der Waals surface area contributed by atoms with Crippen LogP contribution in [0.1, 0.15) is 51.9 Å². The van der Waals surface area contributed by atoms with Gasteiger partial charge in [-0.15, -0.1) is 0 Å². The summed E-state index contributed by atoms with van der Waals surface area (Å²) in [4.78, 5) is 63.9. The van der Waals surface area contributed by atoms with E-state index in [0.29, 0.717) is 59.4 Å². The molecule has 1 aromatic carbocycles. The van der Waals surface area contributed by atoms with Crippen molar-refractivity contribution in [2.75, 3.05) is 37.6 Å².